The first-order valence-electron chi connectivity index (χ1n) is 7.84. The van der Waals surface area contributed by atoms with Gasteiger partial charge in [-0.1, -0.05) is 0 Å². The topological polar surface area (TPSA) is 0 Å². The summed E-state index contributed by atoms with van der Waals surface area (Å²) >= 11 is 1.51. The second-order valence-electron chi connectivity index (χ2n) is 5.84. The first kappa shape index (κ1) is 14.2. The molecule has 2 aliphatic rings. The van der Waals surface area contributed by atoms with Crippen molar-refractivity contribution in [2.75, 3.05) is 0 Å². The van der Waals surface area contributed by atoms with Crippen molar-refractivity contribution in [1.29, 1.82) is 0 Å². The minimum atomic E-state index is 0.403. The van der Waals surface area contributed by atoms with E-state index in [4.69, 9.17) is 0 Å². The van der Waals surface area contributed by atoms with Crippen LogP contribution in [-0.4, -0.2) is 0 Å². The molecule has 2 aliphatic carbocycles. The molecule has 4 rings (SSSR count). The Balaban J connectivity index is 1.94. The van der Waals surface area contributed by atoms with Crippen molar-refractivity contribution in [2.45, 2.75) is 19.3 Å². The van der Waals surface area contributed by atoms with E-state index >= 15 is 0 Å². The summed E-state index contributed by atoms with van der Waals surface area (Å²) in [7, 11) is 0. The van der Waals surface area contributed by atoms with Crippen molar-refractivity contribution in [3.63, 3.8) is 0 Å². The van der Waals surface area contributed by atoms with Crippen molar-refractivity contribution >= 4 is 0 Å². The van der Waals surface area contributed by atoms with Crippen LogP contribution in [0.4, 0.5) is 0 Å². The number of hydrogen-bond acceptors (Lipinski definition) is 0. The van der Waals surface area contributed by atoms with Gasteiger partial charge in [0.1, 0.15) is 0 Å². The zero-order valence-electron chi connectivity index (χ0n) is 12.6. The Bertz CT molecular complexity index is 791. The van der Waals surface area contributed by atoms with Gasteiger partial charge in [0.25, 0.3) is 0 Å². The Hall–Kier alpha value is -1.46. The van der Waals surface area contributed by atoms with Gasteiger partial charge in [-0.2, -0.15) is 0 Å². The van der Waals surface area contributed by atoms with Gasteiger partial charge in [-0.25, -0.2) is 0 Å². The van der Waals surface area contributed by atoms with E-state index in [-0.39, 0.29) is 0 Å². The molecule has 0 radical (unpaired) electrons. The summed E-state index contributed by atoms with van der Waals surface area (Å²) in [5.74, 6) is 0.403. The van der Waals surface area contributed by atoms with Crippen molar-refractivity contribution in [3.8, 4) is 11.1 Å². The molecule has 0 spiro atoms. The molecule has 0 bridgehead atoms. The van der Waals surface area contributed by atoms with Gasteiger partial charge in [0.2, 0.25) is 0 Å². The van der Waals surface area contributed by atoms with Crippen molar-refractivity contribution in [1.82, 2.24) is 0 Å². The molecular weight excluding hydrogens is 343 g/mol. The Labute approximate surface area is 147 Å². The van der Waals surface area contributed by atoms with Crippen LogP contribution in [0.25, 0.3) is 11.1 Å². The van der Waals surface area contributed by atoms with Crippen LogP contribution in [-0.2, 0) is 24.7 Å². The number of rotatable bonds is 2. The van der Waals surface area contributed by atoms with Crippen LogP contribution in [0.15, 0.2) is 81.2 Å². The summed E-state index contributed by atoms with van der Waals surface area (Å²) in [6.07, 6.45) is 8.09. The van der Waals surface area contributed by atoms with Crippen LogP contribution < -0.4 is 0 Å². The van der Waals surface area contributed by atoms with Crippen LogP contribution in [0.3, 0.4) is 0 Å². The number of allylic oxidation sites excluding steroid dienone is 6. The minimum absolute atomic E-state index is 0.403. The average molecular weight is 361 g/mol. The fourth-order valence-electron chi connectivity index (χ4n) is 3.63. The summed E-state index contributed by atoms with van der Waals surface area (Å²) in [5.41, 5.74) is 8.65. The third-order valence-corrected chi connectivity index (χ3v) is 6.01. The van der Waals surface area contributed by atoms with Crippen LogP contribution in [0.2, 0.25) is 0 Å². The first-order valence-corrected chi connectivity index (χ1v) is 9.06. The van der Waals surface area contributed by atoms with Crippen molar-refractivity contribution in [2.24, 2.45) is 0 Å². The average Bonchev–Trinajstić information content (AvgIpc) is 3.07. The fraction of sp³-hybridized carbons (Fsp3) is 0.143. The van der Waals surface area contributed by atoms with Gasteiger partial charge in [0.15, 0.2) is 0 Å². The predicted octanol–water partition coefficient (Wildman–Crippen LogP) is 5.51. The third kappa shape index (κ3) is 2.07. The summed E-state index contributed by atoms with van der Waals surface area (Å²) in [4.78, 5) is 0. The molecule has 0 fully saturated rings. The third-order valence-electron chi connectivity index (χ3n) is 4.59. The van der Waals surface area contributed by atoms with Gasteiger partial charge in [-0.3, -0.25) is 0 Å². The molecule has 0 heterocycles. The van der Waals surface area contributed by atoms with E-state index in [1.54, 1.807) is 0 Å². The quantitative estimate of drug-likeness (QED) is 0.663. The molecule has 0 amide bonds. The summed E-state index contributed by atoms with van der Waals surface area (Å²) in [6, 6.07) is 17.8. The van der Waals surface area contributed by atoms with Crippen molar-refractivity contribution in [3.05, 3.63) is 92.3 Å². The molecule has 2 aromatic rings. The normalized spacial score (nSPS) is 18.1. The molecule has 105 valence electrons. The summed E-state index contributed by atoms with van der Waals surface area (Å²) < 4.78 is 1.52. The van der Waals surface area contributed by atoms with E-state index in [1.165, 1.54) is 61.4 Å². The predicted molar refractivity (Wildman–Crippen MR) is 88.3 cm³/mol. The summed E-state index contributed by atoms with van der Waals surface area (Å²) in [6.45, 7) is 2.21. The Kier molecular flexibility index (Phi) is 3.62. The zero-order valence-corrected chi connectivity index (χ0v) is 15.1. The molecule has 2 aromatic carbocycles. The van der Waals surface area contributed by atoms with E-state index < -0.39 is 0 Å². The van der Waals surface area contributed by atoms with Gasteiger partial charge in [0.05, 0.1) is 0 Å². The Morgan fingerprint density at radius 1 is 0.909 bits per heavy atom. The fourth-order valence-corrected chi connectivity index (χ4v) is 4.65. The zero-order chi connectivity index (χ0) is 15.1. The maximum atomic E-state index is 2.35. The van der Waals surface area contributed by atoms with Gasteiger partial charge < -0.3 is 0 Å². The summed E-state index contributed by atoms with van der Waals surface area (Å²) in [5, 5.41) is 0. The van der Waals surface area contributed by atoms with E-state index in [0.717, 1.165) is 6.42 Å². The van der Waals surface area contributed by atoms with Gasteiger partial charge >= 0.3 is 147 Å². The number of hydrogen-bond donors (Lipinski definition) is 0. The maximum absolute atomic E-state index is 2.35. The molecule has 0 N–H and O–H groups in total. The molecule has 1 heteroatoms. The standard InChI is InChI=1S/C21H17.Zr/c1-2-7-15-12-13-16(14-15)21-19-10-5-3-8-17(19)18-9-4-6-11-20(18)21;/h3-13,21H,2H2,1H3;. The molecule has 0 aliphatic heterocycles. The second kappa shape index (κ2) is 5.63. The van der Waals surface area contributed by atoms with Gasteiger partial charge in [0, 0.05) is 0 Å². The molecule has 0 aromatic heterocycles. The first-order chi connectivity index (χ1) is 10.8. The molecule has 0 saturated heterocycles. The van der Waals surface area contributed by atoms with Crippen LogP contribution in [0.1, 0.15) is 30.4 Å². The molecular formula is C21H17Zr. The number of fused-ring (bicyclic) bond motifs is 3. The monoisotopic (exact) mass is 359 g/mol. The molecule has 0 nitrogen and oxygen atoms in total. The van der Waals surface area contributed by atoms with Crippen LogP contribution in [0, 0.1) is 0 Å². The van der Waals surface area contributed by atoms with E-state index in [2.05, 4.69) is 73.7 Å². The molecule has 0 unspecified atom stereocenters. The number of benzene rings is 2. The van der Waals surface area contributed by atoms with Gasteiger partial charge in [-0.05, 0) is 0 Å². The Morgan fingerprint density at radius 3 is 2.09 bits per heavy atom. The van der Waals surface area contributed by atoms with E-state index in [1.807, 2.05) is 0 Å². The van der Waals surface area contributed by atoms with E-state index in [9.17, 15) is 0 Å². The van der Waals surface area contributed by atoms with E-state index in [0.29, 0.717) is 5.92 Å². The van der Waals surface area contributed by atoms with Crippen molar-refractivity contribution < 1.29 is 24.7 Å². The second-order valence-corrected chi connectivity index (χ2v) is 7.07. The molecule has 0 atom stereocenters. The van der Waals surface area contributed by atoms with Crippen LogP contribution in [0.5, 0.6) is 0 Å². The van der Waals surface area contributed by atoms with Crippen LogP contribution >= 0.6 is 0 Å². The SMILES string of the molecule is CCC=C1C=CC(C2c3ccccc3-c3ccccc32)=[C]1[Zr]. The Morgan fingerprint density at radius 2 is 1.50 bits per heavy atom. The van der Waals surface area contributed by atoms with Gasteiger partial charge in [-0.15, -0.1) is 0 Å². The molecule has 0 saturated carbocycles. The molecule has 22 heavy (non-hydrogen) atoms.